The van der Waals surface area contributed by atoms with Gasteiger partial charge in [0.25, 0.3) is 0 Å². The Morgan fingerprint density at radius 1 is 1.08 bits per heavy atom. The fourth-order valence-electron chi connectivity index (χ4n) is 1.83. The molecule has 0 aliphatic rings. The standard InChI is InChI=1S/C17H25IO6/c1-11(21-7)14-9-8-10-15(22-17(4,5)6)16(14)18(23-12(2)19)24-13(3)20/h8-11H,1-7H3/t11-/m0/s1. The third kappa shape index (κ3) is 6.27. The molecule has 1 atom stereocenters. The summed E-state index contributed by atoms with van der Waals surface area (Å²) in [7, 11) is 1.59. The van der Waals surface area contributed by atoms with E-state index in [9.17, 15) is 9.59 Å². The summed E-state index contributed by atoms with van der Waals surface area (Å²) in [5.41, 5.74) is 0.324. The number of hydrogen-bond donors (Lipinski definition) is 0. The molecule has 24 heavy (non-hydrogen) atoms. The molecule has 136 valence electrons. The second kappa shape index (κ2) is 8.66. The van der Waals surface area contributed by atoms with E-state index in [1.807, 2.05) is 39.8 Å². The summed E-state index contributed by atoms with van der Waals surface area (Å²) in [6.45, 7) is 10.2. The normalized spacial score (nSPS) is 13.0. The van der Waals surface area contributed by atoms with Crippen molar-refractivity contribution in [2.45, 2.75) is 53.2 Å². The van der Waals surface area contributed by atoms with Crippen LogP contribution in [0.25, 0.3) is 0 Å². The zero-order chi connectivity index (χ0) is 18.5. The third-order valence-corrected chi connectivity index (χ3v) is 6.79. The van der Waals surface area contributed by atoms with Crippen LogP contribution < -0.4 is 4.74 Å². The van der Waals surface area contributed by atoms with E-state index in [0.29, 0.717) is 9.32 Å². The summed E-state index contributed by atoms with van der Waals surface area (Å²) in [4.78, 5) is 23.0. The number of hydrogen-bond acceptors (Lipinski definition) is 6. The summed E-state index contributed by atoms with van der Waals surface area (Å²) in [6, 6.07) is 5.48. The molecule has 0 fully saturated rings. The summed E-state index contributed by atoms with van der Waals surface area (Å²) in [5.74, 6) is -0.456. The average Bonchev–Trinajstić information content (AvgIpc) is 2.42. The molecule has 0 heterocycles. The van der Waals surface area contributed by atoms with Crippen LogP contribution >= 0.6 is 20.6 Å². The van der Waals surface area contributed by atoms with Gasteiger partial charge in [0, 0.05) is 0 Å². The van der Waals surface area contributed by atoms with Crippen molar-refractivity contribution in [3.05, 3.63) is 27.3 Å². The molecule has 0 radical (unpaired) electrons. The molecule has 0 aromatic heterocycles. The molecule has 0 aliphatic heterocycles. The first kappa shape index (κ1) is 20.7. The molecular weight excluding hydrogens is 427 g/mol. The Bertz CT molecular complexity index is 577. The van der Waals surface area contributed by atoms with Gasteiger partial charge in [0.1, 0.15) is 0 Å². The summed E-state index contributed by atoms with van der Waals surface area (Å²) >= 11 is -3.06. The molecule has 0 unspecified atom stereocenters. The van der Waals surface area contributed by atoms with E-state index < -0.39 is 38.2 Å². The molecule has 0 amide bonds. The van der Waals surface area contributed by atoms with E-state index in [4.69, 9.17) is 15.6 Å². The average molecular weight is 452 g/mol. The van der Waals surface area contributed by atoms with E-state index in [2.05, 4.69) is 0 Å². The fourth-order valence-corrected chi connectivity index (χ4v) is 5.34. The topological polar surface area (TPSA) is 71.1 Å². The van der Waals surface area contributed by atoms with Crippen molar-refractivity contribution >= 4 is 32.6 Å². The minimum absolute atomic E-state index is 0.269. The van der Waals surface area contributed by atoms with Gasteiger partial charge in [-0.3, -0.25) is 0 Å². The van der Waals surface area contributed by atoms with Crippen LogP contribution in [0.3, 0.4) is 0 Å². The Balaban J connectivity index is 3.50. The molecule has 0 aliphatic carbocycles. The molecule has 7 heteroatoms. The molecule has 0 saturated carbocycles. The molecular formula is C17H25IO6. The SMILES string of the molecule is CO[C@@H](C)c1cccc(OC(C)(C)C)c1I(OC(C)=O)OC(C)=O. The van der Waals surface area contributed by atoms with Crippen LogP contribution in [0.5, 0.6) is 5.75 Å². The summed E-state index contributed by atoms with van der Waals surface area (Å²) in [5, 5.41) is 0. The van der Waals surface area contributed by atoms with Crippen molar-refractivity contribution in [3.8, 4) is 5.75 Å². The number of rotatable bonds is 6. The Labute approximate surface area is 151 Å². The maximum absolute atomic E-state index is 11.5. The number of carbonyl (C=O) groups excluding carboxylic acids is 2. The van der Waals surface area contributed by atoms with Crippen LogP contribution in [-0.2, 0) is 20.5 Å². The summed E-state index contributed by atoms with van der Waals surface area (Å²) < 4.78 is 22.8. The van der Waals surface area contributed by atoms with Crippen LogP contribution in [0.2, 0.25) is 0 Å². The van der Waals surface area contributed by atoms with Gasteiger partial charge in [0.05, 0.1) is 0 Å². The molecule has 0 N–H and O–H groups in total. The number of carbonyl (C=O) groups is 2. The Morgan fingerprint density at radius 2 is 1.62 bits per heavy atom. The Morgan fingerprint density at radius 3 is 2.04 bits per heavy atom. The van der Waals surface area contributed by atoms with Crippen LogP contribution in [0.15, 0.2) is 18.2 Å². The van der Waals surface area contributed by atoms with Crippen LogP contribution in [-0.4, -0.2) is 24.6 Å². The van der Waals surface area contributed by atoms with E-state index >= 15 is 0 Å². The van der Waals surface area contributed by atoms with Crippen molar-refractivity contribution in [2.75, 3.05) is 7.11 Å². The maximum atomic E-state index is 11.5. The van der Waals surface area contributed by atoms with Crippen LogP contribution in [0.4, 0.5) is 0 Å². The Kier molecular flexibility index (Phi) is 7.47. The van der Waals surface area contributed by atoms with Crippen molar-refractivity contribution in [3.63, 3.8) is 0 Å². The van der Waals surface area contributed by atoms with Gasteiger partial charge >= 0.3 is 151 Å². The van der Waals surface area contributed by atoms with Gasteiger partial charge in [0.15, 0.2) is 0 Å². The summed E-state index contributed by atoms with van der Waals surface area (Å²) in [6.07, 6.45) is -0.269. The van der Waals surface area contributed by atoms with E-state index in [1.165, 1.54) is 13.8 Å². The zero-order valence-corrected chi connectivity index (χ0v) is 17.3. The predicted octanol–water partition coefficient (Wildman–Crippen LogP) is 4.20. The van der Waals surface area contributed by atoms with Gasteiger partial charge in [-0.1, -0.05) is 0 Å². The molecule has 1 aromatic rings. The number of ether oxygens (including phenoxy) is 2. The van der Waals surface area contributed by atoms with Gasteiger partial charge in [-0.2, -0.15) is 0 Å². The van der Waals surface area contributed by atoms with Crippen LogP contribution in [0, 0.1) is 3.57 Å². The van der Waals surface area contributed by atoms with Crippen molar-refractivity contribution in [2.24, 2.45) is 0 Å². The van der Waals surface area contributed by atoms with Gasteiger partial charge in [-0.05, 0) is 0 Å². The second-order valence-electron chi connectivity index (χ2n) is 6.11. The van der Waals surface area contributed by atoms with Crippen molar-refractivity contribution in [1.29, 1.82) is 0 Å². The van der Waals surface area contributed by atoms with Gasteiger partial charge in [-0.25, -0.2) is 0 Å². The van der Waals surface area contributed by atoms with E-state index in [1.54, 1.807) is 13.2 Å². The van der Waals surface area contributed by atoms with Gasteiger partial charge in [-0.15, -0.1) is 0 Å². The number of halogens is 1. The molecule has 0 bridgehead atoms. The monoisotopic (exact) mass is 452 g/mol. The van der Waals surface area contributed by atoms with Gasteiger partial charge in [0.2, 0.25) is 0 Å². The quantitative estimate of drug-likeness (QED) is 0.603. The molecule has 6 nitrogen and oxygen atoms in total. The van der Waals surface area contributed by atoms with E-state index in [-0.39, 0.29) is 6.10 Å². The first-order valence-electron chi connectivity index (χ1n) is 7.48. The minimum atomic E-state index is -3.06. The van der Waals surface area contributed by atoms with E-state index in [0.717, 1.165) is 5.56 Å². The molecule has 0 saturated heterocycles. The van der Waals surface area contributed by atoms with Gasteiger partial charge < -0.3 is 0 Å². The zero-order valence-electron chi connectivity index (χ0n) is 15.1. The third-order valence-electron chi connectivity index (χ3n) is 2.71. The van der Waals surface area contributed by atoms with Crippen LogP contribution in [0.1, 0.15) is 53.2 Å². The molecule has 0 spiro atoms. The first-order valence-corrected chi connectivity index (χ1v) is 10.3. The number of methoxy groups -OCH3 is 1. The van der Waals surface area contributed by atoms with Crippen molar-refractivity contribution in [1.82, 2.24) is 0 Å². The second-order valence-corrected chi connectivity index (χ2v) is 9.31. The fraction of sp³-hybridized carbons (Fsp3) is 0.529. The molecule has 1 rings (SSSR count). The number of benzene rings is 1. The van der Waals surface area contributed by atoms with Crippen molar-refractivity contribution < 1.29 is 25.2 Å². The first-order chi connectivity index (χ1) is 11.0. The molecule has 1 aromatic carbocycles. The Hall–Kier alpha value is -1.35. The predicted molar refractivity (Wildman–Crippen MR) is 98.5 cm³/mol.